The van der Waals surface area contributed by atoms with Crippen molar-refractivity contribution in [1.82, 2.24) is 10.3 Å². The minimum Gasteiger partial charge on any atom is -0.352 e. The minimum atomic E-state index is -0.0705. The number of carbonyl (C=O) groups is 1. The van der Waals surface area contributed by atoms with Crippen LogP contribution in [0, 0.1) is 0 Å². The number of aromatic nitrogens is 1. The summed E-state index contributed by atoms with van der Waals surface area (Å²) in [7, 11) is 0. The molecule has 1 N–H and O–H groups in total. The normalized spacial score (nSPS) is 11.0. The third-order valence-corrected chi connectivity index (χ3v) is 5.17. The summed E-state index contributed by atoms with van der Waals surface area (Å²) in [6.07, 6.45) is 4.25. The highest BCUT2D eigenvalue weighted by Crippen LogP contribution is 2.25. The number of thiophene rings is 1. The number of amides is 1. The second-order valence-electron chi connectivity index (χ2n) is 5.67. The van der Waals surface area contributed by atoms with Crippen LogP contribution in [0.4, 0.5) is 0 Å². The van der Waals surface area contributed by atoms with Gasteiger partial charge < -0.3 is 5.32 Å². The predicted octanol–water partition coefficient (Wildman–Crippen LogP) is 4.42. The molecule has 2 aromatic heterocycles. The van der Waals surface area contributed by atoms with Gasteiger partial charge in [-0.1, -0.05) is 42.5 Å². The quantitative estimate of drug-likeness (QED) is 0.601. The van der Waals surface area contributed by atoms with Crippen molar-refractivity contribution in [3.8, 4) is 0 Å². The Morgan fingerprint density at radius 3 is 2.71 bits per heavy atom. The van der Waals surface area contributed by atoms with E-state index in [4.69, 9.17) is 0 Å². The van der Waals surface area contributed by atoms with Crippen molar-refractivity contribution in [1.29, 1.82) is 0 Å². The first-order chi connectivity index (χ1) is 11.8. The lowest BCUT2D eigenvalue weighted by molar-refractivity contribution is 0.0955. The van der Waals surface area contributed by atoms with Crippen LogP contribution in [0.5, 0.6) is 0 Å². The standard InChI is InChI=1S/C20H16N2OS/c23-20(18-12-21-11-14-5-1-2-6-16(14)18)22-10-9-15-13-24-19-8-4-3-7-17(15)19/h1-8,11-13H,9-10H2,(H,22,23). The molecule has 0 aliphatic heterocycles. The molecular weight excluding hydrogens is 316 g/mol. The molecule has 2 heterocycles. The summed E-state index contributed by atoms with van der Waals surface area (Å²) < 4.78 is 1.29. The molecule has 0 spiro atoms. The molecule has 0 saturated heterocycles. The minimum absolute atomic E-state index is 0.0705. The summed E-state index contributed by atoms with van der Waals surface area (Å²) in [4.78, 5) is 16.7. The highest BCUT2D eigenvalue weighted by atomic mass is 32.1. The lowest BCUT2D eigenvalue weighted by Crippen LogP contribution is -2.26. The number of hydrogen-bond donors (Lipinski definition) is 1. The van der Waals surface area contributed by atoms with Gasteiger partial charge in [-0.05, 0) is 34.2 Å². The zero-order valence-corrected chi connectivity index (χ0v) is 13.8. The van der Waals surface area contributed by atoms with Crippen molar-refractivity contribution in [2.75, 3.05) is 6.54 Å². The predicted molar refractivity (Wildman–Crippen MR) is 99.6 cm³/mol. The molecule has 4 heteroatoms. The zero-order chi connectivity index (χ0) is 16.4. The molecule has 1 amide bonds. The Labute approximate surface area is 144 Å². The molecule has 0 fully saturated rings. The van der Waals surface area contributed by atoms with Gasteiger partial charge in [-0.15, -0.1) is 11.3 Å². The van der Waals surface area contributed by atoms with Gasteiger partial charge in [0.15, 0.2) is 0 Å². The molecule has 0 atom stereocenters. The van der Waals surface area contributed by atoms with Gasteiger partial charge in [0.05, 0.1) is 5.56 Å². The van der Waals surface area contributed by atoms with E-state index in [2.05, 4.69) is 39.9 Å². The Hall–Kier alpha value is -2.72. The van der Waals surface area contributed by atoms with E-state index in [9.17, 15) is 4.79 Å². The van der Waals surface area contributed by atoms with Gasteiger partial charge in [0.1, 0.15) is 0 Å². The van der Waals surface area contributed by atoms with Crippen LogP contribution < -0.4 is 5.32 Å². The van der Waals surface area contributed by atoms with Gasteiger partial charge in [-0.3, -0.25) is 9.78 Å². The number of nitrogens with zero attached hydrogens (tertiary/aromatic N) is 1. The summed E-state index contributed by atoms with van der Waals surface area (Å²) in [5.41, 5.74) is 1.91. The van der Waals surface area contributed by atoms with Crippen molar-refractivity contribution in [2.45, 2.75) is 6.42 Å². The van der Waals surface area contributed by atoms with E-state index in [1.807, 2.05) is 24.3 Å². The average Bonchev–Trinajstić information content (AvgIpc) is 3.04. The first-order valence-electron chi connectivity index (χ1n) is 7.89. The Kier molecular flexibility index (Phi) is 3.97. The average molecular weight is 332 g/mol. The van der Waals surface area contributed by atoms with Crippen LogP contribution in [0.3, 0.4) is 0 Å². The van der Waals surface area contributed by atoms with Crippen molar-refractivity contribution >= 4 is 38.1 Å². The zero-order valence-electron chi connectivity index (χ0n) is 13.0. The summed E-state index contributed by atoms with van der Waals surface area (Å²) in [5.74, 6) is -0.0705. The maximum Gasteiger partial charge on any atom is 0.253 e. The van der Waals surface area contributed by atoms with Crippen molar-refractivity contribution < 1.29 is 4.79 Å². The fourth-order valence-corrected chi connectivity index (χ4v) is 3.93. The maximum atomic E-state index is 12.5. The Morgan fingerprint density at radius 2 is 1.79 bits per heavy atom. The molecule has 0 saturated carbocycles. The van der Waals surface area contributed by atoms with Crippen LogP contribution >= 0.6 is 11.3 Å². The van der Waals surface area contributed by atoms with Crippen molar-refractivity contribution in [3.05, 3.63) is 77.4 Å². The Bertz CT molecular complexity index is 1020. The molecule has 24 heavy (non-hydrogen) atoms. The van der Waals surface area contributed by atoms with E-state index in [-0.39, 0.29) is 5.91 Å². The molecule has 4 rings (SSSR count). The third kappa shape index (κ3) is 2.76. The number of pyridine rings is 1. The molecule has 0 radical (unpaired) electrons. The highest BCUT2D eigenvalue weighted by Gasteiger charge is 2.10. The SMILES string of the molecule is O=C(NCCc1csc2ccccc12)c1cncc2ccccc12. The number of fused-ring (bicyclic) bond motifs is 2. The highest BCUT2D eigenvalue weighted by molar-refractivity contribution is 7.17. The first-order valence-corrected chi connectivity index (χ1v) is 8.77. The first kappa shape index (κ1) is 14.8. The number of carbonyl (C=O) groups excluding carboxylic acids is 1. The van der Waals surface area contributed by atoms with Gasteiger partial charge in [0, 0.05) is 29.0 Å². The third-order valence-electron chi connectivity index (χ3n) is 4.15. The monoisotopic (exact) mass is 332 g/mol. The van der Waals surface area contributed by atoms with E-state index in [1.165, 1.54) is 15.6 Å². The van der Waals surface area contributed by atoms with Crippen LogP contribution in [0.15, 0.2) is 66.3 Å². The fraction of sp³-hybridized carbons (Fsp3) is 0.100. The van der Waals surface area contributed by atoms with Gasteiger partial charge in [-0.25, -0.2) is 0 Å². The van der Waals surface area contributed by atoms with Crippen LogP contribution in [-0.4, -0.2) is 17.4 Å². The van der Waals surface area contributed by atoms with Crippen molar-refractivity contribution in [2.24, 2.45) is 0 Å². The summed E-state index contributed by atoms with van der Waals surface area (Å²) >= 11 is 1.75. The van der Waals surface area contributed by atoms with Crippen LogP contribution in [0.2, 0.25) is 0 Å². The lowest BCUT2D eigenvalue weighted by atomic mass is 10.1. The van der Waals surface area contributed by atoms with E-state index >= 15 is 0 Å². The van der Waals surface area contributed by atoms with E-state index < -0.39 is 0 Å². The molecular formula is C20H16N2OS. The number of benzene rings is 2. The molecule has 0 aliphatic carbocycles. The van der Waals surface area contributed by atoms with Crippen LogP contribution in [-0.2, 0) is 6.42 Å². The number of rotatable bonds is 4. The van der Waals surface area contributed by atoms with E-state index in [0.29, 0.717) is 12.1 Å². The second-order valence-corrected chi connectivity index (χ2v) is 6.58. The Balaban J connectivity index is 1.48. The van der Waals surface area contributed by atoms with Gasteiger partial charge >= 0.3 is 0 Å². The van der Waals surface area contributed by atoms with Crippen LogP contribution in [0.1, 0.15) is 15.9 Å². The number of hydrogen-bond acceptors (Lipinski definition) is 3. The maximum absolute atomic E-state index is 12.5. The van der Waals surface area contributed by atoms with Gasteiger partial charge in [-0.2, -0.15) is 0 Å². The summed E-state index contributed by atoms with van der Waals surface area (Å²) in [5, 5.41) is 8.39. The van der Waals surface area contributed by atoms with E-state index in [0.717, 1.165) is 17.2 Å². The molecule has 3 nitrogen and oxygen atoms in total. The van der Waals surface area contributed by atoms with Crippen molar-refractivity contribution in [3.63, 3.8) is 0 Å². The summed E-state index contributed by atoms with van der Waals surface area (Å²) in [6, 6.07) is 16.2. The molecule has 0 aliphatic rings. The Morgan fingerprint density at radius 1 is 1.00 bits per heavy atom. The lowest BCUT2D eigenvalue weighted by Gasteiger charge is -2.07. The molecule has 0 bridgehead atoms. The number of nitrogens with one attached hydrogen (secondary N) is 1. The second kappa shape index (κ2) is 6.42. The van der Waals surface area contributed by atoms with Gasteiger partial charge in [0.25, 0.3) is 5.91 Å². The van der Waals surface area contributed by atoms with E-state index in [1.54, 1.807) is 23.7 Å². The topological polar surface area (TPSA) is 42.0 Å². The largest absolute Gasteiger partial charge is 0.352 e. The van der Waals surface area contributed by atoms with Gasteiger partial charge in [0.2, 0.25) is 0 Å². The molecule has 0 unspecified atom stereocenters. The molecule has 2 aromatic carbocycles. The fourth-order valence-electron chi connectivity index (χ4n) is 2.93. The smallest absolute Gasteiger partial charge is 0.253 e. The summed E-state index contributed by atoms with van der Waals surface area (Å²) in [6.45, 7) is 0.614. The molecule has 4 aromatic rings. The van der Waals surface area contributed by atoms with Crippen LogP contribution in [0.25, 0.3) is 20.9 Å². The molecule has 118 valence electrons.